The number of hydrogen-bond acceptors (Lipinski definition) is 4. The Balaban J connectivity index is 1.52. The van der Waals surface area contributed by atoms with Gasteiger partial charge in [0.2, 0.25) is 0 Å². The summed E-state index contributed by atoms with van der Waals surface area (Å²) in [5.41, 5.74) is 0.709. The molecular weight excluding hydrogens is 301 g/mol. The fourth-order valence-electron chi connectivity index (χ4n) is 3.24. The molecule has 3 atom stereocenters. The number of carbonyl (C=O) groups excluding carboxylic acids is 2. The monoisotopic (exact) mass is 321 g/mol. The highest BCUT2D eigenvalue weighted by Gasteiger charge is 2.35. The minimum absolute atomic E-state index is 0.0408. The fraction of sp³-hybridized carbons (Fsp3) is 0.529. The number of esters is 1. The second kappa shape index (κ2) is 6.56. The highest BCUT2D eigenvalue weighted by Crippen LogP contribution is 2.30. The van der Waals surface area contributed by atoms with Gasteiger partial charge in [-0.15, -0.1) is 0 Å². The Hall–Kier alpha value is -2.11. The molecule has 3 rings (SSSR count). The first-order valence-corrected chi connectivity index (χ1v) is 7.99. The van der Waals surface area contributed by atoms with Crippen molar-refractivity contribution in [1.29, 1.82) is 0 Å². The predicted octanol–water partition coefficient (Wildman–Crippen LogP) is 1.98. The molecule has 1 saturated carbocycles. The molecule has 0 aromatic heterocycles. The molecule has 1 aliphatic carbocycles. The number of benzene rings is 1. The first-order valence-electron chi connectivity index (χ1n) is 7.99. The molecular formula is C17H20FNO4. The van der Waals surface area contributed by atoms with E-state index in [4.69, 9.17) is 9.47 Å². The van der Waals surface area contributed by atoms with Crippen LogP contribution in [0.2, 0.25) is 0 Å². The van der Waals surface area contributed by atoms with Crippen molar-refractivity contribution in [3.63, 3.8) is 0 Å². The van der Waals surface area contributed by atoms with E-state index in [1.165, 1.54) is 12.1 Å². The van der Waals surface area contributed by atoms with Crippen LogP contribution < -0.4 is 10.1 Å². The molecule has 1 N–H and O–H groups in total. The quantitative estimate of drug-likeness (QED) is 0.861. The number of carbonyl (C=O) groups is 2. The molecule has 0 unspecified atom stereocenters. The lowest BCUT2D eigenvalue weighted by molar-refractivity contribution is -0.147. The second-order valence-corrected chi connectivity index (χ2v) is 6.03. The van der Waals surface area contributed by atoms with E-state index in [-0.39, 0.29) is 29.7 Å². The van der Waals surface area contributed by atoms with E-state index in [1.54, 1.807) is 13.0 Å². The maximum absolute atomic E-state index is 13.2. The van der Waals surface area contributed by atoms with Gasteiger partial charge in [0.25, 0.3) is 5.91 Å². The van der Waals surface area contributed by atoms with Crippen LogP contribution in [0.1, 0.15) is 31.7 Å². The topological polar surface area (TPSA) is 64.6 Å². The van der Waals surface area contributed by atoms with Gasteiger partial charge in [-0.2, -0.15) is 0 Å². The van der Waals surface area contributed by atoms with Crippen LogP contribution in [-0.2, 0) is 20.7 Å². The first-order chi connectivity index (χ1) is 11.1. The maximum atomic E-state index is 13.2. The Labute approximate surface area is 134 Å². The van der Waals surface area contributed by atoms with Gasteiger partial charge in [0, 0.05) is 18.0 Å². The van der Waals surface area contributed by atoms with E-state index < -0.39 is 6.10 Å². The number of rotatable bonds is 4. The average molecular weight is 321 g/mol. The molecule has 0 radical (unpaired) electrons. The largest absolute Gasteiger partial charge is 0.480 e. The average Bonchev–Trinajstić information content (AvgIpc) is 3.13. The van der Waals surface area contributed by atoms with E-state index in [0.29, 0.717) is 30.8 Å². The van der Waals surface area contributed by atoms with Crippen LogP contribution in [0.25, 0.3) is 0 Å². The van der Waals surface area contributed by atoms with Gasteiger partial charge in [0.15, 0.2) is 6.10 Å². The van der Waals surface area contributed by atoms with Crippen molar-refractivity contribution in [2.75, 3.05) is 6.61 Å². The predicted molar refractivity (Wildman–Crippen MR) is 80.4 cm³/mol. The van der Waals surface area contributed by atoms with Crippen molar-refractivity contribution < 1.29 is 23.5 Å². The van der Waals surface area contributed by atoms with Crippen LogP contribution in [0.5, 0.6) is 5.75 Å². The summed E-state index contributed by atoms with van der Waals surface area (Å²) in [5.74, 6) is -0.319. The lowest BCUT2D eigenvalue weighted by Crippen LogP contribution is -2.42. The Morgan fingerprint density at radius 1 is 1.39 bits per heavy atom. The van der Waals surface area contributed by atoms with Gasteiger partial charge in [-0.25, -0.2) is 4.39 Å². The lowest BCUT2D eigenvalue weighted by Gasteiger charge is -2.16. The molecule has 23 heavy (non-hydrogen) atoms. The molecule has 124 valence electrons. The summed E-state index contributed by atoms with van der Waals surface area (Å²) >= 11 is 0. The molecule has 0 spiro atoms. The highest BCUT2D eigenvalue weighted by atomic mass is 19.1. The van der Waals surface area contributed by atoms with Crippen molar-refractivity contribution in [2.24, 2.45) is 5.92 Å². The van der Waals surface area contributed by atoms with Crippen molar-refractivity contribution in [2.45, 2.75) is 44.8 Å². The summed E-state index contributed by atoms with van der Waals surface area (Å²) in [6, 6.07) is 4.22. The molecule has 0 saturated heterocycles. The Kier molecular flexibility index (Phi) is 4.50. The zero-order valence-corrected chi connectivity index (χ0v) is 13.0. The Morgan fingerprint density at radius 2 is 2.22 bits per heavy atom. The minimum Gasteiger partial charge on any atom is -0.480 e. The number of ether oxygens (including phenoxy) is 2. The Morgan fingerprint density at radius 3 is 3.00 bits per heavy atom. The van der Waals surface area contributed by atoms with Gasteiger partial charge in [-0.05, 0) is 44.4 Å². The van der Waals surface area contributed by atoms with Crippen LogP contribution in [-0.4, -0.2) is 30.6 Å². The zero-order chi connectivity index (χ0) is 16.4. The van der Waals surface area contributed by atoms with Gasteiger partial charge in [0.05, 0.1) is 12.5 Å². The third-order valence-electron chi connectivity index (χ3n) is 4.39. The summed E-state index contributed by atoms with van der Waals surface area (Å²) in [7, 11) is 0. The van der Waals surface area contributed by atoms with E-state index in [9.17, 15) is 14.0 Å². The molecule has 0 bridgehead atoms. The molecule has 1 aromatic rings. The van der Waals surface area contributed by atoms with Gasteiger partial charge < -0.3 is 14.8 Å². The number of fused-ring (bicyclic) bond motifs is 1. The number of amides is 1. The van der Waals surface area contributed by atoms with Crippen LogP contribution in [0.3, 0.4) is 0 Å². The molecule has 5 nitrogen and oxygen atoms in total. The minimum atomic E-state index is -0.631. The number of nitrogens with one attached hydrogen (secondary N) is 1. The van der Waals surface area contributed by atoms with E-state index in [2.05, 4.69) is 5.32 Å². The summed E-state index contributed by atoms with van der Waals surface area (Å²) in [6.07, 6.45) is 1.81. The molecule has 1 aliphatic heterocycles. The van der Waals surface area contributed by atoms with Gasteiger partial charge >= 0.3 is 5.97 Å². The maximum Gasteiger partial charge on any atom is 0.308 e. The first kappa shape index (κ1) is 15.8. The van der Waals surface area contributed by atoms with Crippen LogP contribution >= 0.6 is 0 Å². The zero-order valence-electron chi connectivity index (χ0n) is 13.0. The van der Waals surface area contributed by atoms with E-state index >= 15 is 0 Å². The standard InChI is InChI=1S/C17H20FNO4/c1-2-22-17(21)10-3-5-13(8-10)19-16(20)15-9-11-7-12(18)4-6-14(11)23-15/h4,6-7,10,13,15H,2-3,5,8-9H2,1H3,(H,19,20)/t10-,13+,15-/m1/s1. The third-order valence-corrected chi connectivity index (χ3v) is 4.39. The van der Waals surface area contributed by atoms with Gasteiger partial charge in [0.1, 0.15) is 11.6 Å². The van der Waals surface area contributed by atoms with E-state index in [0.717, 1.165) is 12.8 Å². The van der Waals surface area contributed by atoms with Crippen molar-refractivity contribution in [1.82, 2.24) is 5.32 Å². The molecule has 1 aromatic carbocycles. The van der Waals surface area contributed by atoms with Crippen molar-refractivity contribution in [3.05, 3.63) is 29.6 Å². The highest BCUT2D eigenvalue weighted by molar-refractivity contribution is 5.83. The third kappa shape index (κ3) is 3.46. The molecule has 1 heterocycles. The van der Waals surface area contributed by atoms with E-state index in [1.807, 2.05) is 0 Å². The molecule has 6 heteroatoms. The normalized spacial score (nSPS) is 25.6. The summed E-state index contributed by atoms with van der Waals surface area (Å²) < 4.78 is 23.8. The van der Waals surface area contributed by atoms with Gasteiger partial charge in [-0.3, -0.25) is 9.59 Å². The Bertz CT molecular complexity index is 619. The summed E-state index contributed by atoms with van der Waals surface area (Å²) in [4.78, 5) is 24.0. The smallest absolute Gasteiger partial charge is 0.308 e. The summed E-state index contributed by atoms with van der Waals surface area (Å²) in [5, 5.41) is 2.93. The molecule has 2 aliphatic rings. The fourth-order valence-corrected chi connectivity index (χ4v) is 3.24. The number of halogens is 1. The number of hydrogen-bond donors (Lipinski definition) is 1. The van der Waals surface area contributed by atoms with Crippen LogP contribution in [0.4, 0.5) is 4.39 Å². The summed E-state index contributed by atoms with van der Waals surface area (Å²) in [6.45, 7) is 2.15. The van der Waals surface area contributed by atoms with Crippen LogP contribution in [0, 0.1) is 11.7 Å². The molecule has 1 fully saturated rings. The second-order valence-electron chi connectivity index (χ2n) is 6.03. The SMILES string of the molecule is CCOC(=O)[C@@H]1CC[C@H](NC(=O)[C@H]2Cc3cc(F)ccc3O2)C1. The van der Waals surface area contributed by atoms with Crippen molar-refractivity contribution in [3.8, 4) is 5.75 Å². The van der Waals surface area contributed by atoms with Crippen LogP contribution in [0.15, 0.2) is 18.2 Å². The lowest BCUT2D eigenvalue weighted by atomic mass is 10.1. The molecule has 1 amide bonds. The van der Waals surface area contributed by atoms with Crippen molar-refractivity contribution >= 4 is 11.9 Å². The van der Waals surface area contributed by atoms with Gasteiger partial charge in [-0.1, -0.05) is 0 Å².